The monoisotopic (exact) mass is 424 g/mol. The predicted octanol–water partition coefficient (Wildman–Crippen LogP) is 1.75. The molecule has 2 amide bonds. The van der Waals surface area contributed by atoms with Crippen LogP contribution in [0.15, 0.2) is 41.4 Å². The SMILES string of the molecule is CNC(=O)c1c(NC(=O)c2nc(OC)cnc2NC2=CC(C)C/C=C/N=C2)cnn1C. The Morgan fingerprint density at radius 2 is 2.06 bits per heavy atom. The van der Waals surface area contributed by atoms with Gasteiger partial charge in [-0.2, -0.15) is 5.10 Å². The van der Waals surface area contributed by atoms with E-state index in [0.717, 1.165) is 6.42 Å². The average molecular weight is 424 g/mol. The Labute approximate surface area is 179 Å². The van der Waals surface area contributed by atoms with Gasteiger partial charge in [0.2, 0.25) is 5.88 Å². The molecule has 31 heavy (non-hydrogen) atoms. The highest BCUT2D eigenvalue weighted by atomic mass is 16.5. The molecule has 11 heteroatoms. The number of ether oxygens (including phenoxy) is 1. The molecule has 2 aromatic rings. The summed E-state index contributed by atoms with van der Waals surface area (Å²) >= 11 is 0. The van der Waals surface area contributed by atoms with Gasteiger partial charge in [0.05, 0.1) is 30.9 Å². The maximum Gasteiger partial charge on any atom is 0.278 e. The summed E-state index contributed by atoms with van der Waals surface area (Å²) in [6.07, 6.45) is 11.0. The number of nitrogens with zero attached hydrogens (tertiary/aromatic N) is 5. The second-order valence-corrected chi connectivity index (χ2v) is 6.80. The number of hydrogen-bond acceptors (Lipinski definition) is 8. The van der Waals surface area contributed by atoms with Gasteiger partial charge in [0.25, 0.3) is 11.8 Å². The van der Waals surface area contributed by atoms with E-state index >= 15 is 0 Å². The standard InChI is InChI=1S/C20H24N8O3/c1-12-6-5-7-22-9-13(8-12)25-18-16(27-15(31-4)11-23-18)19(29)26-14-10-24-28(3)17(14)20(30)21-2/h5,7-12H,6H2,1-4H3,(H,21,30)(H,23,25)(H,26,29)/b7-5+,13-8?,22-9?. The Kier molecular flexibility index (Phi) is 6.75. The van der Waals surface area contributed by atoms with Crippen LogP contribution < -0.4 is 20.7 Å². The summed E-state index contributed by atoms with van der Waals surface area (Å²) in [6, 6.07) is 0. The largest absolute Gasteiger partial charge is 0.480 e. The van der Waals surface area contributed by atoms with Crippen LogP contribution in [0.25, 0.3) is 0 Å². The average Bonchev–Trinajstić information content (AvgIpc) is 3.11. The first kappa shape index (κ1) is 21.7. The molecule has 0 saturated carbocycles. The third kappa shape index (κ3) is 5.13. The Bertz CT molecular complexity index is 1070. The second kappa shape index (κ2) is 9.65. The molecule has 3 rings (SSSR count). The van der Waals surface area contributed by atoms with Gasteiger partial charge < -0.3 is 20.7 Å². The number of methoxy groups -OCH3 is 1. The number of amides is 2. The number of aromatic nitrogens is 4. The second-order valence-electron chi connectivity index (χ2n) is 6.80. The van der Waals surface area contributed by atoms with E-state index in [9.17, 15) is 9.59 Å². The molecule has 2 aromatic heterocycles. The quantitative estimate of drug-likeness (QED) is 0.643. The topological polar surface area (TPSA) is 135 Å². The number of aliphatic imine (C=N–C) groups is 1. The highest BCUT2D eigenvalue weighted by Gasteiger charge is 2.22. The third-order valence-corrected chi connectivity index (χ3v) is 4.44. The number of anilines is 2. The molecule has 0 bridgehead atoms. The first-order chi connectivity index (χ1) is 14.9. The lowest BCUT2D eigenvalue weighted by Crippen LogP contribution is -2.24. The number of allylic oxidation sites excluding steroid dienone is 3. The lowest BCUT2D eigenvalue weighted by Gasteiger charge is -2.14. The van der Waals surface area contributed by atoms with Crippen molar-refractivity contribution in [1.82, 2.24) is 25.1 Å². The van der Waals surface area contributed by atoms with Gasteiger partial charge in [-0.15, -0.1) is 0 Å². The number of aryl methyl sites for hydroxylation is 1. The Morgan fingerprint density at radius 1 is 1.26 bits per heavy atom. The van der Waals surface area contributed by atoms with Crippen molar-refractivity contribution in [3.05, 3.63) is 47.8 Å². The molecule has 0 spiro atoms. The molecule has 3 heterocycles. The molecule has 1 atom stereocenters. The van der Waals surface area contributed by atoms with E-state index in [1.54, 1.807) is 19.5 Å². The summed E-state index contributed by atoms with van der Waals surface area (Å²) < 4.78 is 6.50. The molecule has 3 N–H and O–H groups in total. The number of carbonyl (C=O) groups excluding carboxylic acids is 2. The fraction of sp³-hybridized carbons (Fsp3) is 0.300. The van der Waals surface area contributed by atoms with Crippen molar-refractivity contribution in [2.24, 2.45) is 18.0 Å². The molecule has 0 saturated heterocycles. The number of carbonyl (C=O) groups is 2. The summed E-state index contributed by atoms with van der Waals surface area (Å²) in [5.74, 6) is -0.311. The third-order valence-electron chi connectivity index (χ3n) is 4.44. The Balaban J connectivity index is 1.93. The number of hydrogen-bond donors (Lipinski definition) is 3. The van der Waals surface area contributed by atoms with Crippen LogP contribution in [0.5, 0.6) is 5.88 Å². The van der Waals surface area contributed by atoms with Gasteiger partial charge in [-0.05, 0) is 12.3 Å². The van der Waals surface area contributed by atoms with E-state index in [2.05, 4.69) is 42.9 Å². The van der Waals surface area contributed by atoms with E-state index in [1.807, 2.05) is 12.2 Å². The minimum absolute atomic E-state index is 0.00869. The highest BCUT2D eigenvalue weighted by molar-refractivity contribution is 6.09. The molecule has 11 nitrogen and oxygen atoms in total. The van der Waals surface area contributed by atoms with Gasteiger partial charge in [0.15, 0.2) is 11.5 Å². The zero-order chi connectivity index (χ0) is 22.4. The maximum absolute atomic E-state index is 13.1. The minimum Gasteiger partial charge on any atom is -0.480 e. The smallest absolute Gasteiger partial charge is 0.278 e. The zero-order valence-electron chi connectivity index (χ0n) is 17.7. The van der Waals surface area contributed by atoms with Crippen molar-refractivity contribution in [3.8, 4) is 5.88 Å². The number of rotatable bonds is 6. The van der Waals surface area contributed by atoms with E-state index in [0.29, 0.717) is 5.70 Å². The Morgan fingerprint density at radius 3 is 2.81 bits per heavy atom. The summed E-state index contributed by atoms with van der Waals surface area (Å²) in [6.45, 7) is 2.07. The summed E-state index contributed by atoms with van der Waals surface area (Å²) in [7, 11) is 4.53. The summed E-state index contributed by atoms with van der Waals surface area (Å²) in [5, 5.41) is 12.3. The molecule has 162 valence electrons. The molecular formula is C20H24N8O3. The van der Waals surface area contributed by atoms with Gasteiger partial charge in [0.1, 0.15) is 5.69 Å². The predicted molar refractivity (Wildman–Crippen MR) is 116 cm³/mol. The van der Waals surface area contributed by atoms with Gasteiger partial charge in [0, 0.05) is 26.5 Å². The van der Waals surface area contributed by atoms with Crippen molar-refractivity contribution in [3.63, 3.8) is 0 Å². The first-order valence-corrected chi connectivity index (χ1v) is 9.56. The van der Waals surface area contributed by atoms with Crippen molar-refractivity contribution in [2.75, 3.05) is 24.8 Å². The van der Waals surface area contributed by atoms with Gasteiger partial charge >= 0.3 is 0 Å². The fourth-order valence-corrected chi connectivity index (χ4v) is 2.91. The van der Waals surface area contributed by atoms with E-state index < -0.39 is 5.91 Å². The maximum atomic E-state index is 13.1. The van der Waals surface area contributed by atoms with Crippen molar-refractivity contribution in [2.45, 2.75) is 13.3 Å². The van der Waals surface area contributed by atoms with Gasteiger partial charge in [-0.3, -0.25) is 19.3 Å². The lowest BCUT2D eigenvalue weighted by atomic mass is 10.1. The lowest BCUT2D eigenvalue weighted by molar-refractivity contribution is 0.0954. The molecular weight excluding hydrogens is 400 g/mol. The van der Waals surface area contributed by atoms with Crippen molar-refractivity contribution < 1.29 is 14.3 Å². The molecule has 0 aliphatic carbocycles. The fourth-order valence-electron chi connectivity index (χ4n) is 2.91. The molecule has 0 radical (unpaired) electrons. The first-order valence-electron chi connectivity index (χ1n) is 9.56. The van der Waals surface area contributed by atoms with Crippen LogP contribution >= 0.6 is 0 Å². The van der Waals surface area contributed by atoms with Crippen LogP contribution in [0, 0.1) is 5.92 Å². The summed E-state index contributed by atoms with van der Waals surface area (Å²) in [4.78, 5) is 37.9. The number of nitrogens with one attached hydrogen (secondary N) is 3. The van der Waals surface area contributed by atoms with Gasteiger partial charge in [-0.25, -0.2) is 9.97 Å². The van der Waals surface area contributed by atoms with Crippen molar-refractivity contribution in [1.29, 1.82) is 0 Å². The van der Waals surface area contributed by atoms with Crippen LogP contribution in [0.4, 0.5) is 11.5 Å². The van der Waals surface area contributed by atoms with Crippen LogP contribution in [0.2, 0.25) is 0 Å². The molecule has 0 aromatic carbocycles. The van der Waals surface area contributed by atoms with E-state index in [1.165, 1.54) is 31.2 Å². The minimum atomic E-state index is -0.580. The summed E-state index contributed by atoms with van der Waals surface area (Å²) in [5.41, 5.74) is 1.12. The molecule has 1 unspecified atom stereocenters. The van der Waals surface area contributed by atoms with E-state index in [-0.39, 0.29) is 40.6 Å². The van der Waals surface area contributed by atoms with Crippen LogP contribution in [-0.4, -0.2) is 51.9 Å². The normalized spacial score (nSPS) is 16.5. The molecule has 0 fully saturated rings. The molecule has 1 aliphatic rings. The van der Waals surface area contributed by atoms with Crippen molar-refractivity contribution >= 4 is 29.5 Å². The highest BCUT2D eigenvalue weighted by Crippen LogP contribution is 2.21. The van der Waals surface area contributed by atoms with Crippen LogP contribution in [0.3, 0.4) is 0 Å². The zero-order valence-corrected chi connectivity index (χ0v) is 17.7. The van der Waals surface area contributed by atoms with Crippen LogP contribution in [-0.2, 0) is 7.05 Å². The van der Waals surface area contributed by atoms with E-state index in [4.69, 9.17) is 4.74 Å². The molecule has 1 aliphatic heterocycles. The van der Waals surface area contributed by atoms with Crippen LogP contribution in [0.1, 0.15) is 34.3 Å². The van der Waals surface area contributed by atoms with Gasteiger partial charge in [-0.1, -0.05) is 19.1 Å². The Hall–Kier alpha value is -4.02.